The first-order valence-corrected chi connectivity index (χ1v) is 5.49. The minimum atomic E-state index is 0.296. The lowest BCUT2D eigenvalue weighted by Crippen LogP contribution is -2.17. The van der Waals surface area contributed by atoms with Crippen LogP contribution in [0.1, 0.15) is 11.1 Å². The molecule has 0 fully saturated rings. The molecule has 0 unspecified atom stereocenters. The van der Waals surface area contributed by atoms with E-state index in [9.17, 15) is 5.11 Å². The minimum Gasteiger partial charge on any atom is -0.396 e. The van der Waals surface area contributed by atoms with E-state index in [0.717, 1.165) is 12.8 Å². The summed E-state index contributed by atoms with van der Waals surface area (Å²) < 4.78 is 0. The largest absolute Gasteiger partial charge is 0.396 e. The fourth-order valence-electron chi connectivity index (χ4n) is 2.67. The third-order valence-corrected chi connectivity index (χ3v) is 3.35. The van der Waals surface area contributed by atoms with E-state index in [2.05, 4.69) is 36.4 Å². The van der Waals surface area contributed by atoms with Gasteiger partial charge in [-0.25, -0.2) is 0 Å². The molecule has 3 rings (SSSR count). The molecule has 0 atom stereocenters. The van der Waals surface area contributed by atoms with Gasteiger partial charge in [0.2, 0.25) is 0 Å². The van der Waals surface area contributed by atoms with Crippen molar-refractivity contribution >= 4 is 10.8 Å². The summed E-state index contributed by atoms with van der Waals surface area (Å²) in [7, 11) is 0. The molecule has 1 aliphatic rings. The summed E-state index contributed by atoms with van der Waals surface area (Å²) in [6.45, 7) is 0.296. The van der Waals surface area contributed by atoms with Gasteiger partial charge in [0, 0.05) is 6.61 Å². The summed E-state index contributed by atoms with van der Waals surface area (Å²) in [5.74, 6) is 0.408. The highest BCUT2D eigenvalue weighted by Crippen LogP contribution is 2.31. The van der Waals surface area contributed by atoms with Gasteiger partial charge in [0.1, 0.15) is 0 Å². The smallest absolute Gasteiger partial charge is 0.0465 e. The lowest BCUT2D eigenvalue weighted by Gasteiger charge is -2.23. The van der Waals surface area contributed by atoms with Crippen LogP contribution in [-0.4, -0.2) is 11.7 Å². The van der Waals surface area contributed by atoms with Gasteiger partial charge in [-0.3, -0.25) is 0 Å². The lowest BCUT2D eigenvalue weighted by atomic mass is 9.82. The summed E-state index contributed by atoms with van der Waals surface area (Å²) in [6, 6.07) is 12.9. The van der Waals surface area contributed by atoms with Crippen LogP contribution >= 0.6 is 0 Å². The summed E-state index contributed by atoms with van der Waals surface area (Å²) in [5, 5.41) is 12.0. The molecular formula is C14H14O. The highest BCUT2D eigenvalue weighted by molar-refractivity contribution is 5.89. The van der Waals surface area contributed by atoms with Crippen molar-refractivity contribution < 1.29 is 5.11 Å². The zero-order valence-electron chi connectivity index (χ0n) is 8.61. The maximum atomic E-state index is 9.27. The van der Waals surface area contributed by atoms with Gasteiger partial charge in [-0.1, -0.05) is 36.4 Å². The van der Waals surface area contributed by atoms with E-state index in [0.29, 0.717) is 12.5 Å². The predicted molar refractivity (Wildman–Crippen MR) is 61.9 cm³/mol. The molecule has 2 aromatic rings. The van der Waals surface area contributed by atoms with Crippen molar-refractivity contribution in [2.75, 3.05) is 6.61 Å². The summed E-state index contributed by atoms with van der Waals surface area (Å²) >= 11 is 0. The molecule has 1 heteroatoms. The van der Waals surface area contributed by atoms with Crippen LogP contribution in [0.15, 0.2) is 36.4 Å². The number of benzene rings is 2. The molecule has 1 aliphatic carbocycles. The van der Waals surface area contributed by atoms with Crippen molar-refractivity contribution in [3.63, 3.8) is 0 Å². The summed E-state index contributed by atoms with van der Waals surface area (Å²) in [6.07, 6.45) is 2.04. The van der Waals surface area contributed by atoms with Crippen molar-refractivity contribution in [3.05, 3.63) is 47.5 Å². The van der Waals surface area contributed by atoms with Gasteiger partial charge in [-0.2, -0.15) is 0 Å². The lowest BCUT2D eigenvalue weighted by molar-refractivity contribution is 0.224. The fraction of sp³-hybridized carbons (Fsp3) is 0.286. The number of rotatable bonds is 1. The van der Waals surface area contributed by atoms with E-state index in [1.54, 1.807) is 0 Å². The summed E-state index contributed by atoms with van der Waals surface area (Å²) in [5.41, 5.74) is 2.79. The van der Waals surface area contributed by atoms with Crippen LogP contribution in [0.5, 0.6) is 0 Å². The van der Waals surface area contributed by atoms with Crippen LogP contribution in [0.2, 0.25) is 0 Å². The van der Waals surface area contributed by atoms with Crippen molar-refractivity contribution in [1.29, 1.82) is 0 Å². The highest BCUT2D eigenvalue weighted by Gasteiger charge is 2.19. The molecule has 15 heavy (non-hydrogen) atoms. The van der Waals surface area contributed by atoms with E-state index < -0.39 is 0 Å². The first-order valence-electron chi connectivity index (χ1n) is 5.49. The first-order chi connectivity index (χ1) is 7.38. The third-order valence-electron chi connectivity index (χ3n) is 3.35. The van der Waals surface area contributed by atoms with E-state index in [-0.39, 0.29) is 0 Å². The number of aliphatic hydroxyl groups is 1. The van der Waals surface area contributed by atoms with Crippen molar-refractivity contribution in [1.82, 2.24) is 0 Å². The number of hydrogen-bond acceptors (Lipinski definition) is 1. The summed E-state index contributed by atoms with van der Waals surface area (Å²) in [4.78, 5) is 0. The predicted octanol–water partition coefficient (Wildman–Crippen LogP) is 2.55. The fourth-order valence-corrected chi connectivity index (χ4v) is 2.67. The van der Waals surface area contributed by atoms with Crippen molar-refractivity contribution in [3.8, 4) is 0 Å². The normalized spacial score (nSPS) is 15.8. The quantitative estimate of drug-likeness (QED) is 0.746. The van der Waals surface area contributed by atoms with Gasteiger partial charge in [0.15, 0.2) is 0 Å². The molecule has 0 aromatic heterocycles. The Morgan fingerprint density at radius 3 is 2.13 bits per heavy atom. The average Bonchev–Trinajstić information content (AvgIpc) is 2.29. The molecular weight excluding hydrogens is 184 g/mol. The van der Waals surface area contributed by atoms with Gasteiger partial charge in [0.05, 0.1) is 0 Å². The molecule has 0 spiro atoms. The Morgan fingerprint density at radius 1 is 1.00 bits per heavy atom. The Kier molecular flexibility index (Phi) is 2.00. The molecule has 1 N–H and O–H groups in total. The Hall–Kier alpha value is -1.34. The van der Waals surface area contributed by atoms with Gasteiger partial charge in [0.25, 0.3) is 0 Å². The van der Waals surface area contributed by atoms with E-state index in [1.165, 1.54) is 21.9 Å². The Morgan fingerprint density at radius 2 is 1.60 bits per heavy atom. The van der Waals surface area contributed by atoms with Crippen LogP contribution < -0.4 is 0 Å². The van der Waals surface area contributed by atoms with Gasteiger partial charge < -0.3 is 5.11 Å². The average molecular weight is 198 g/mol. The van der Waals surface area contributed by atoms with Gasteiger partial charge in [-0.05, 0) is 40.7 Å². The molecule has 0 heterocycles. The van der Waals surface area contributed by atoms with E-state index in [4.69, 9.17) is 0 Å². The zero-order chi connectivity index (χ0) is 10.3. The molecule has 0 bridgehead atoms. The first kappa shape index (κ1) is 8.93. The second kappa shape index (κ2) is 3.35. The molecule has 76 valence electrons. The molecule has 1 nitrogen and oxygen atoms in total. The maximum absolute atomic E-state index is 9.27. The SMILES string of the molecule is OCC1Cc2cccc3cccc(c23)C1. The van der Waals surface area contributed by atoms with Crippen LogP contribution in [0.4, 0.5) is 0 Å². The molecule has 0 aliphatic heterocycles. The second-order valence-corrected chi connectivity index (χ2v) is 4.39. The highest BCUT2D eigenvalue weighted by atomic mass is 16.3. The topological polar surface area (TPSA) is 20.2 Å². The standard InChI is InChI=1S/C14H14O/c15-9-10-7-12-5-1-3-11-4-2-6-13(8-10)14(11)12/h1-6,10,15H,7-9H2. The number of hydrogen-bond donors (Lipinski definition) is 1. The number of aliphatic hydroxyl groups excluding tert-OH is 1. The molecule has 0 amide bonds. The monoisotopic (exact) mass is 198 g/mol. The van der Waals surface area contributed by atoms with Crippen molar-refractivity contribution in [2.45, 2.75) is 12.8 Å². The van der Waals surface area contributed by atoms with Crippen LogP contribution in [0.3, 0.4) is 0 Å². The van der Waals surface area contributed by atoms with E-state index in [1.807, 2.05) is 0 Å². The van der Waals surface area contributed by atoms with Gasteiger partial charge in [-0.15, -0.1) is 0 Å². The Labute approximate surface area is 89.4 Å². The zero-order valence-corrected chi connectivity index (χ0v) is 8.61. The van der Waals surface area contributed by atoms with Crippen molar-refractivity contribution in [2.24, 2.45) is 5.92 Å². The Bertz CT molecular complexity index is 461. The van der Waals surface area contributed by atoms with Crippen LogP contribution in [-0.2, 0) is 12.8 Å². The maximum Gasteiger partial charge on any atom is 0.0465 e. The molecule has 0 radical (unpaired) electrons. The molecule has 0 saturated heterocycles. The van der Waals surface area contributed by atoms with E-state index >= 15 is 0 Å². The molecule has 0 saturated carbocycles. The minimum absolute atomic E-state index is 0.296. The second-order valence-electron chi connectivity index (χ2n) is 4.39. The molecule has 2 aromatic carbocycles. The van der Waals surface area contributed by atoms with Gasteiger partial charge >= 0.3 is 0 Å². The van der Waals surface area contributed by atoms with Crippen LogP contribution in [0.25, 0.3) is 10.8 Å². The Balaban J connectivity index is 2.27. The third kappa shape index (κ3) is 1.35. The van der Waals surface area contributed by atoms with Crippen LogP contribution in [0, 0.1) is 5.92 Å².